The van der Waals surface area contributed by atoms with E-state index in [-0.39, 0.29) is 5.78 Å². The Balaban J connectivity index is 2.23. The molecule has 0 aliphatic heterocycles. The Hall–Kier alpha value is -2.04. The minimum Gasteiger partial charge on any atom is -0.292 e. The van der Waals surface area contributed by atoms with Crippen molar-refractivity contribution < 1.29 is 4.79 Å². The number of tetrazole rings is 1. The van der Waals surface area contributed by atoms with Crippen LogP contribution in [0.3, 0.4) is 0 Å². The molecule has 1 heterocycles. The number of hydrogen-bond acceptors (Lipinski definition) is 4. The second-order valence-electron chi connectivity index (χ2n) is 3.16. The summed E-state index contributed by atoms with van der Waals surface area (Å²) in [7, 11) is 0. The van der Waals surface area contributed by atoms with Crippen LogP contribution >= 0.6 is 0 Å². The predicted octanol–water partition coefficient (Wildman–Crippen LogP) is 1.12. The summed E-state index contributed by atoms with van der Waals surface area (Å²) < 4.78 is 0. The smallest absolute Gasteiger partial charge is 0.188 e. The molecule has 0 saturated carbocycles. The lowest BCUT2D eigenvalue weighted by Crippen LogP contribution is -2.19. The number of rotatable bonds is 3. The summed E-state index contributed by atoms with van der Waals surface area (Å²) in [5.74, 6) is -0.0198. The Morgan fingerprint density at radius 2 is 2.07 bits per heavy atom. The van der Waals surface area contributed by atoms with Gasteiger partial charge in [0.25, 0.3) is 0 Å². The van der Waals surface area contributed by atoms with Crippen LogP contribution < -0.4 is 0 Å². The van der Waals surface area contributed by atoms with Crippen molar-refractivity contribution in [1.29, 1.82) is 0 Å². The molecule has 0 bridgehead atoms. The maximum Gasteiger partial charge on any atom is 0.188 e. The highest BCUT2D eigenvalue weighted by atomic mass is 16.1. The van der Waals surface area contributed by atoms with Crippen molar-refractivity contribution in [2.24, 2.45) is 0 Å². The van der Waals surface area contributed by atoms with E-state index < -0.39 is 6.04 Å². The van der Waals surface area contributed by atoms with Crippen molar-refractivity contribution in [3.05, 3.63) is 42.2 Å². The van der Waals surface area contributed by atoms with Gasteiger partial charge in [-0.15, -0.1) is 10.2 Å². The lowest BCUT2D eigenvalue weighted by atomic mass is 10.1. The van der Waals surface area contributed by atoms with E-state index in [0.717, 1.165) is 0 Å². The molecule has 76 valence electrons. The van der Waals surface area contributed by atoms with Gasteiger partial charge in [-0.1, -0.05) is 30.3 Å². The Kier molecular flexibility index (Phi) is 2.53. The minimum atomic E-state index is -0.421. The number of hydrogen-bond donors (Lipinski definition) is 0. The topological polar surface area (TPSA) is 60.7 Å². The number of benzene rings is 1. The second kappa shape index (κ2) is 4.00. The average molecular weight is 202 g/mol. The fraction of sp³-hybridized carbons (Fsp3) is 0.200. The standard InChI is InChI=1S/C10H10N4O/c1-8(14-12-7-11-13-14)10(15)9-5-3-2-4-6-9/h2-8H,1H3. The fourth-order valence-corrected chi connectivity index (χ4v) is 1.30. The third-order valence-electron chi connectivity index (χ3n) is 2.15. The van der Waals surface area contributed by atoms with Crippen LogP contribution in [0, 0.1) is 0 Å². The van der Waals surface area contributed by atoms with Crippen LogP contribution in [-0.2, 0) is 0 Å². The molecular formula is C10H10N4O. The van der Waals surface area contributed by atoms with E-state index in [0.29, 0.717) is 5.56 Å². The lowest BCUT2D eigenvalue weighted by molar-refractivity contribution is 0.0918. The van der Waals surface area contributed by atoms with Gasteiger partial charge >= 0.3 is 0 Å². The molecule has 5 nitrogen and oxygen atoms in total. The summed E-state index contributed by atoms with van der Waals surface area (Å²) in [6.07, 6.45) is 1.31. The normalized spacial score (nSPS) is 12.3. The zero-order valence-corrected chi connectivity index (χ0v) is 8.24. The molecule has 2 rings (SSSR count). The number of carbonyl (C=O) groups excluding carboxylic acids is 1. The highest BCUT2D eigenvalue weighted by Crippen LogP contribution is 2.10. The van der Waals surface area contributed by atoms with Gasteiger partial charge in [-0.3, -0.25) is 4.79 Å². The summed E-state index contributed by atoms with van der Waals surface area (Å²) in [5, 5.41) is 11.1. The van der Waals surface area contributed by atoms with Crippen LogP contribution in [0.4, 0.5) is 0 Å². The molecule has 15 heavy (non-hydrogen) atoms. The maximum atomic E-state index is 11.9. The highest BCUT2D eigenvalue weighted by Gasteiger charge is 2.17. The zero-order valence-electron chi connectivity index (χ0n) is 8.24. The molecule has 2 aromatic rings. The van der Waals surface area contributed by atoms with Crippen LogP contribution in [-0.4, -0.2) is 26.0 Å². The van der Waals surface area contributed by atoms with Crippen molar-refractivity contribution in [3.63, 3.8) is 0 Å². The van der Waals surface area contributed by atoms with E-state index in [2.05, 4.69) is 15.4 Å². The second-order valence-corrected chi connectivity index (χ2v) is 3.16. The van der Waals surface area contributed by atoms with Crippen LogP contribution in [0.2, 0.25) is 0 Å². The Bertz CT molecular complexity index is 438. The van der Waals surface area contributed by atoms with Gasteiger partial charge in [0.2, 0.25) is 0 Å². The molecule has 1 aromatic carbocycles. The number of carbonyl (C=O) groups is 1. The number of ketones is 1. The molecule has 0 aliphatic carbocycles. The van der Waals surface area contributed by atoms with Crippen molar-refractivity contribution >= 4 is 5.78 Å². The van der Waals surface area contributed by atoms with Gasteiger partial charge in [-0.05, 0) is 12.1 Å². The molecule has 1 aromatic heterocycles. The van der Waals surface area contributed by atoms with Gasteiger partial charge in [0, 0.05) is 5.56 Å². The molecule has 0 spiro atoms. The van der Waals surface area contributed by atoms with Crippen LogP contribution in [0.15, 0.2) is 36.7 Å². The van der Waals surface area contributed by atoms with Crippen LogP contribution in [0.25, 0.3) is 0 Å². The monoisotopic (exact) mass is 202 g/mol. The van der Waals surface area contributed by atoms with Gasteiger partial charge in [0.05, 0.1) is 0 Å². The first-order chi connectivity index (χ1) is 7.29. The first-order valence-electron chi connectivity index (χ1n) is 4.61. The van der Waals surface area contributed by atoms with E-state index in [4.69, 9.17) is 0 Å². The van der Waals surface area contributed by atoms with Gasteiger partial charge < -0.3 is 0 Å². The first-order valence-corrected chi connectivity index (χ1v) is 4.61. The third-order valence-corrected chi connectivity index (χ3v) is 2.15. The molecule has 0 aliphatic rings. The summed E-state index contributed by atoms with van der Waals surface area (Å²) in [5.41, 5.74) is 0.655. The molecule has 1 atom stereocenters. The van der Waals surface area contributed by atoms with Crippen molar-refractivity contribution in [2.45, 2.75) is 13.0 Å². The van der Waals surface area contributed by atoms with E-state index >= 15 is 0 Å². The van der Waals surface area contributed by atoms with Crippen molar-refractivity contribution in [2.75, 3.05) is 0 Å². The van der Waals surface area contributed by atoms with Crippen molar-refractivity contribution in [3.8, 4) is 0 Å². The van der Waals surface area contributed by atoms with Gasteiger partial charge in [-0.25, -0.2) is 0 Å². The van der Waals surface area contributed by atoms with E-state index in [1.165, 1.54) is 11.1 Å². The van der Waals surface area contributed by atoms with Gasteiger partial charge in [0.15, 0.2) is 12.1 Å². The minimum absolute atomic E-state index is 0.0198. The van der Waals surface area contributed by atoms with Gasteiger partial charge in [-0.2, -0.15) is 4.80 Å². The average Bonchev–Trinajstić information content (AvgIpc) is 2.82. The Labute approximate surface area is 86.7 Å². The number of nitrogens with zero attached hydrogens (tertiary/aromatic N) is 4. The predicted molar refractivity (Wildman–Crippen MR) is 53.3 cm³/mol. The van der Waals surface area contributed by atoms with E-state index in [1.807, 2.05) is 18.2 Å². The largest absolute Gasteiger partial charge is 0.292 e. The van der Waals surface area contributed by atoms with Gasteiger partial charge in [0.1, 0.15) is 6.04 Å². The molecule has 0 amide bonds. The number of aromatic nitrogens is 4. The summed E-state index contributed by atoms with van der Waals surface area (Å²) in [6, 6.07) is 8.65. The van der Waals surface area contributed by atoms with Crippen LogP contribution in [0.1, 0.15) is 23.3 Å². The molecule has 0 fully saturated rings. The highest BCUT2D eigenvalue weighted by molar-refractivity contribution is 5.98. The van der Waals surface area contributed by atoms with E-state index in [9.17, 15) is 4.79 Å². The summed E-state index contributed by atoms with van der Waals surface area (Å²) >= 11 is 0. The molecule has 0 N–H and O–H groups in total. The Morgan fingerprint density at radius 3 is 2.67 bits per heavy atom. The Morgan fingerprint density at radius 1 is 1.33 bits per heavy atom. The summed E-state index contributed by atoms with van der Waals surface area (Å²) in [6.45, 7) is 1.75. The van der Waals surface area contributed by atoms with E-state index in [1.54, 1.807) is 19.1 Å². The number of Topliss-reactive ketones (excluding diaryl/α,β-unsaturated/α-hetero) is 1. The molecule has 0 radical (unpaired) electrons. The molecule has 0 saturated heterocycles. The summed E-state index contributed by atoms with van der Waals surface area (Å²) in [4.78, 5) is 13.2. The SMILES string of the molecule is CC(C(=O)c1ccccc1)n1ncnn1. The first kappa shape index (κ1) is 9.51. The molecule has 1 unspecified atom stereocenters. The molecular weight excluding hydrogens is 192 g/mol. The molecule has 5 heteroatoms. The van der Waals surface area contributed by atoms with Crippen molar-refractivity contribution in [1.82, 2.24) is 20.2 Å². The maximum absolute atomic E-state index is 11.9. The lowest BCUT2D eigenvalue weighted by Gasteiger charge is -2.07. The third kappa shape index (κ3) is 1.90. The van der Waals surface area contributed by atoms with Crippen LogP contribution in [0.5, 0.6) is 0 Å². The fourth-order valence-electron chi connectivity index (χ4n) is 1.30. The zero-order chi connectivity index (χ0) is 10.7. The quantitative estimate of drug-likeness (QED) is 0.699.